The lowest BCUT2D eigenvalue weighted by atomic mass is 9.99. The molecular formula is C15H20N6O2. The summed E-state index contributed by atoms with van der Waals surface area (Å²) in [7, 11) is 0. The molecule has 1 atom stereocenters. The van der Waals surface area contributed by atoms with Gasteiger partial charge in [-0.25, -0.2) is 14.7 Å². The van der Waals surface area contributed by atoms with E-state index in [1.54, 1.807) is 30.9 Å². The number of aliphatic hydroxyl groups excluding tert-OH is 1. The van der Waals surface area contributed by atoms with Crippen LogP contribution in [0, 0.1) is 5.41 Å². The Morgan fingerprint density at radius 1 is 1.35 bits per heavy atom. The van der Waals surface area contributed by atoms with Crippen LogP contribution >= 0.6 is 0 Å². The van der Waals surface area contributed by atoms with Gasteiger partial charge in [-0.3, -0.25) is 5.43 Å². The van der Waals surface area contributed by atoms with Crippen LogP contribution in [0.15, 0.2) is 36.9 Å². The van der Waals surface area contributed by atoms with Gasteiger partial charge in [0.2, 0.25) is 0 Å². The summed E-state index contributed by atoms with van der Waals surface area (Å²) in [4.78, 5) is 4.33. The first-order valence-electron chi connectivity index (χ1n) is 7.33. The average Bonchev–Trinajstić information content (AvgIpc) is 3.14. The molecule has 3 heterocycles. The standard InChI is InChI=1S/C15H20N6O2/c1-15(2,3)10-23-11-4-5-13(16-8-11)21-14(22)12(9-18-21)20-7-6-17-19-20/h4-9,14,18,22H,10H2,1-3H3. The third-order valence-corrected chi connectivity index (χ3v) is 3.19. The van der Waals surface area contributed by atoms with Gasteiger partial charge >= 0.3 is 0 Å². The number of nitrogens with zero attached hydrogens (tertiary/aromatic N) is 5. The van der Waals surface area contributed by atoms with Crippen LogP contribution in [-0.2, 0) is 0 Å². The molecule has 0 amide bonds. The van der Waals surface area contributed by atoms with Gasteiger partial charge < -0.3 is 9.84 Å². The zero-order valence-corrected chi connectivity index (χ0v) is 13.3. The summed E-state index contributed by atoms with van der Waals surface area (Å²) in [5.74, 6) is 1.27. The van der Waals surface area contributed by atoms with Crippen LogP contribution in [0.4, 0.5) is 5.82 Å². The van der Waals surface area contributed by atoms with Crippen molar-refractivity contribution in [1.82, 2.24) is 25.4 Å². The Kier molecular flexibility index (Phi) is 3.91. The highest BCUT2D eigenvalue weighted by molar-refractivity contribution is 5.59. The highest BCUT2D eigenvalue weighted by Gasteiger charge is 2.28. The molecule has 2 aromatic heterocycles. The molecule has 0 saturated carbocycles. The lowest BCUT2D eigenvalue weighted by molar-refractivity contribution is 0.197. The molecule has 8 heteroatoms. The Labute approximate surface area is 134 Å². The van der Waals surface area contributed by atoms with Crippen molar-refractivity contribution in [2.75, 3.05) is 11.6 Å². The molecule has 1 unspecified atom stereocenters. The monoisotopic (exact) mass is 316 g/mol. The third kappa shape index (κ3) is 3.42. The van der Waals surface area contributed by atoms with Crippen LogP contribution in [0.1, 0.15) is 20.8 Å². The molecule has 0 saturated heterocycles. The fraction of sp³-hybridized carbons (Fsp3) is 0.400. The summed E-state index contributed by atoms with van der Waals surface area (Å²) >= 11 is 0. The maximum absolute atomic E-state index is 10.4. The van der Waals surface area contributed by atoms with E-state index in [-0.39, 0.29) is 5.41 Å². The lowest BCUT2D eigenvalue weighted by Gasteiger charge is -2.23. The number of ether oxygens (including phenoxy) is 1. The molecular weight excluding hydrogens is 296 g/mol. The maximum atomic E-state index is 10.4. The fourth-order valence-electron chi connectivity index (χ4n) is 2.04. The van der Waals surface area contributed by atoms with Gasteiger partial charge in [0.05, 0.1) is 25.2 Å². The van der Waals surface area contributed by atoms with Gasteiger partial charge in [0, 0.05) is 6.20 Å². The average molecular weight is 316 g/mol. The van der Waals surface area contributed by atoms with Crippen molar-refractivity contribution in [2.45, 2.75) is 27.0 Å². The Morgan fingerprint density at radius 2 is 2.17 bits per heavy atom. The molecule has 0 radical (unpaired) electrons. The molecule has 0 aromatic carbocycles. The highest BCUT2D eigenvalue weighted by Crippen LogP contribution is 2.24. The molecule has 0 fully saturated rings. The second-order valence-electron chi connectivity index (χ2n) is 6.49. The first kappa shape index (κ1) is 15.3. The zero-order chi connectivity index (χ0) is 16.4. The number of nitrogens with one attached hydrogen (secondary N) is 1. The van der Waals surface area contributed by atoms with Gasteiger partial charge in [-0.15, -0.1) is 5.10 Å². The molecule has 0 aliphatic carbocycles. The van der Waals surface area contributed by atoms with Gasteiger partial charge in [0.25, 0.3) is 0 Å². The minimum absolute atomic E-state index is 0.0853. The lowest BCUT2D eigenvalue weighted by Crippen LogP contribution is -2.39. The second-order valence-corrected chi connectivity index (χ2v) is 6.49. The van der Waals surface area contributed by atoms with Gasteiger partial charge in [-0.1, -0.05) is 26.0 Å². The summed E-state index contributed by atoms with van der Waals surface area (Å²) in [5.41, 5.74) is 3.62. The first-order chi connectivity index (χ1) is 10.9. The van der Waals surface area contributed by atoms with E-state index < -0.39 is 6.23 Å². The number of pyridine rings is 1. The molecule has 0 bridgehead atoms. The van der Waals surface area contributed by atoms with Crippen molar-refractivity contribution < 1.29 is 9.84 Å². The number of hydrogen-bond donors (Lipinski definition) is 2. The van der Waals surface area contributed by atoms with Gasteiger partial charge in [0.1, 0.15) is 17.3 Å². The van der Waals surface area contributed by atoms with Crippen LogP contribution < -0.4 is 15.2 Å². The molecule has 23 heavy (non-hydrogen) atoms. The van der Waals surface area contributed by atoms with Crippen LogP contribution in [-0.4, -0.2) is 37.9 Å². The van der Waals surface area contributed by atoms with Crippen LogP contribution in [0.2, 0.25) is 0 Å². The summed E-state index contributed by atoms with van der Waals surface area (Å²) in [6.45, 7) is 6.93. The minimum atomic E-state index is -0.912. The molecule has 1 aliphatic heterocycles. The third-order valence-electron chi connectivity index (χ3n) is 3.19. The summed E-state index contributed by atoms with van der Waals surface area (Å²) in [6.07, 6.45) is 5.60. The Bertz CT molecular complexity index is 675. The minimum Gasteiger partial charge on any atom is -0.491 e. The summed E-state index contributed by atoms with van der Waals surface area (Å²) in [5, 5.41) is 19.5. The Balaban J connectivity index is 1.67. The molecule has 8 nitrogen and oxygen atoms in total. The van der Waals surface area contributed by atoms with E-state index in [9.17, 15) is 5.11 Å². The van der Waals surface area contributed by atoms with Crippen molar-refractivity contribution in [3.63, 3.8) is 0 Å². The van der Waals surface area contributed by atoms with Crippen molar-refractivity contribution in [2.24, 2.45) is 5.41 Å². The molecule has 3 rings (SSSR count). The van der Waals surface area contributed by atoms with E-state index in [0.717, 1.165) is 0 Å². The molecule has 2 aromatic rings. The molecule has 1 aliphatic rings. The van der Waals surface area contributed by atoms with Crippen LogP contribution in [0.5, 0.6) is 5.75 Å². The number of aromatic nitrogens is 4. The zero-order valence-electron chi connectivity index (χ0n) is 13.3. The first-order valence-corrected chi connectivity index (χ1v) is 7.33. The number of aliphatic hydroxyl groups is 1. The number of hydrazine groups is 1. The highest BCUT2D eigenvalue weighted by atomic mass is 16.5. The second kappa shape index (κ2) is 5.88. The maximum Gasteiger partial charge on any atom is 0.192 e. The van der Waals surface area contributed by atoms with E-state index in [2.05, 4.69) is 41.5 Å². The predicted molar refractivity (Wildman–Crippen MR) is 85.1 cm³/mol. The smallest absolute Gasteiger partial charge is 0.192 e. The Morgan fingerprint density at radius 3 is 2.78 bits per heavy atom. The SMILES string of the molecule is CC(C)(C)COc1ccc(N2NC=C(n3ccnn3)C2O)nc1. The van der Waals surface area contributed by atoms with E-state index >= 15 is 0 Å². The van der Waals surface area contributed by atoms with Gasteiger partial charge in [-0.05, 0) is 17.5 Å². The van der Waals surface area contributed by atoms with Crippen molar-refractivity contribution in [3.8, 4) is 5.75 Å². The van der Waals surface area contributed by atoms with E-state index in [1.165, 1.54) is 9.69 Å². The summed E-state index contributed by atoms with van der Waals surface area (Å²) in [6, 6.07) is 3.61. The summed E-state index contributed by atoms with van der Waals surface area (Å²) < 4.78 is 7.19. The van der Waals surface area contributed by atoms with E-state index in [0.29, 0.717) is 23.9 Å². The van der Waals surface area contributed by atoms with E-state index in [4.69, 9.17) is 4.74 Å². The van der Waals surface area contributed by atoms with E-state index in [1.807, 2.05) is 6.07 Å². The molecule has 122 valence electrons. The quantitative estimate of drug-likeness (QED) is 0.877. The van der Waals surface area contributed by atoms with Crippen LogP contribution in [0.25, 0.3) is 5.70 Å². The normalized spacial score (nSPS) is 17.8. The molecule has 0 spiro atoms. The Hall–Kier alpha value is -2.61. The van der Waals surface area contributed by atoms with Gasteiger partial charge in [0.15, 0.2) is 6.23 Å². The predicted octanol–water partition coefficient (Wildman–Crippen LogP) is 1.24. The molecule has 2 N–H and O–H groups in total. The number of rotatable bonds is 4. The topological polar surface area (TPSA) is 88.3 Å². The van der Waals surface area contributed by atoms with Gasteiger partial charge in [-0.2, -0.15) is 0 Å². The number of anilines is 1. The van der Waals surface area contributed by atoms with Crippen molar-refractivity contribution in [3.05, 3.63) is 36.9 Å². The van der Waals surface area contributed by atoms with Crippen molar-refractivity contribution >= 4 is 11.5 Å². The van der Waals surface area contributed by atoms with Crippen LogP contribution in [0.3, 0.4) is 0 Å². The largest absolute Gasteiger partial charge is 0.491 e. The van der Waals surface area contributed by atoms with Crippen molar-refractivity contribution in [1.29, 1.82) is 0 Å². The number of hydrogen-bond acceptors (Lipinski definition) is 7. The fourth-order valence-corrected chi connectivity index (χ4v) is 2.04.